The highest BCUT2D eigenvalue weighted by Gasteiger charge is 2.24. The number of hydrogen-bond acceptors (Lipinski definition) is 5. The molecule has 1 amide bonds. The molecule has 3 rings (SSSR count). The first-order valence-electron chi connectivity index (χ1n) is 9.94. The minimum Gasteiger partial charge on any atom is -0.484 e. The van der Waals surface area contributed by atoms with Gasteiger partial charge in [-0.1, -0.05) is 24.4 Å². The summed E-state index contributed by atoms with van der Waals surface area (Å²) in [5.41, 5.74) is 0.568. The summed E-state index contributed by atoms with van der Waals surface area (Å²) in [7, 11) is -3.51. The van der Waals surface area contributed by atoms with Crippen LogP contribution in [0.4, 0.5) is 5.69 Å². The molecule has 2 N–H and O–H groups in total. The van der Waals surface area contributed by atoms with E-state index in [1.807, 2.05) is 0 Å². The zero-order valence-electron chi connectivity index (χ0n) is 16.8. The number of benzene rings is 2. The van der Waals surface area contributed by atoms with E-state index in [-0.39, 0.29) is 16.6 Å². The van der Waals surface area contributed by atoms with Crippen LogP contribution in [0.15, 0.2) is 53.4 Å². The van der Waals surface area contributed by atoms with Crippen LogP contribution in [0, 0.1) is 0 Å². The number of rotatable bonds is 6. The molecule has 1 aliphatic rings. The van der Waals surface area contributed by atoms with Crippen LogP contribution in [-0.4, -0.2) is 43.4 Å². The number of amides is 1. The molecule has 0 radical (unpaired) electrons. The van der Waals surface area contributed by atoms with Gasteiger partial charge in [-0.25, -0.2) is 8.42 Å². The van der Waals surface area contributed by atoms with Gasteiger partial charge in [-0.3, -0.25) is 10.1 Å². The fraction of sp³-hybridized carbons (Fsp3) is 0.333. The van der Waals surface area contributed by atoms with Gasteiger partial charge in [0.25, 0.3) is 5.91 Å². The molecule has 2 aromatic rings. The lowest BCUT2D eigenvalue weighted by Crippen LogP contribution is -2.37. The molecule has 0 saturated carbocycles. The Labute approximate surface area is 192 Å². The fourth-order valence-electron chi connectivity index (χ4n) is 3.15. The van der Waals surface area contributed by atoms with Gasteiger partial charge < -0.3 is 10.1 Å². The van der Waals surface area contributed by atoms with Crippen molar-refractivity contribution in [2.75, 3.05) is 25.0 Å². The molecular weight excluding hydrogens is 458 g/mol. The largest absolute Gasteiger partial charge is 0.484 e. The number of thiocarbonyl (C=S) groups is 1. The van der Waals surface area contributed by atoms with E-state index in [1.54, 1.807) is 40.7 Å². The normalized spacial score (nSPS) is 15.0. The molecule has 1 saturated heterocycles. The Hall–Kier alpha value is -2.20. The zero-order chi connectivity index (χ0) is 22.3. The average Bonchev–Trinajstić information content (AvgIpc) is 3.04. The molecule has 0 unspecified atom stereocenters. The third-order valence-corrected chi connectivity index (χ3v) is 7.12. The molecule has 166 valence electrons. The second-order valence-electron chi connectivity index (χ2n) is 7.09. The van der Waals surface area contributed by atoms with Crippen molar-refractivity contribution in [2.45, 2.75) is 30.6 Å². The Balaban J connectivity index is 1.51. The maximum absolute atomic E-state index is 12.8. The molecule has 0 atom stereocenters. The number of nitrogens with one attached hydrogen (secondary N) is 2. The van der Waals surface area contributed by atoms with Gasteiger partial charge in [0.1, 0.15) is 5.75 Å². The highest BCUT2D eigenvalue weighted by molar-refractivity contribution is 7.89. The van der Waals surface area contributed by atoms with Gasteiger partial charge >= 0.3 is 0 Å². The van der Waals surface area contributed by atoms with Crippen molar-refractivity contribution in [2.24, 2.45) is 0 Å². The second kappa shape index (κ2) is 10.9. The molecule has 0 spiro atoms. The van der Waals surface area contributed by atoms with Gasteiger partial charge in [-0.15, -0.1) is 0 Å². The van der Waals surface area contributed by atoms with Crippen LogP contribution in [0.25, 0.3) is 0 Å². The lowest BCUT2D eigenvalue weighted by atomic mass is 10.2. The molecule has 7 nitrogen and oxygen atoms in total. The van der Waals surface area contributed by atoms with E-state index in [2.05, 4.69) is 10.6 Å². The highest BCUT2D eigenvalue weighted by atomic mass is 35.5. The highest BCUT2D eigenvalue weighted by Crippen LogP contribution is 2.22. The van der Waals surface area contributed by atoms with Crippen LogP contribution in [0.3, 0.4) is 0 Å². The first-order chi connectivity index (χ1) is 14.8. The molecule has 1 heterocycles. The standard InChI is InChI=1S/C21H24ClN3O4S2/c22-16-5-9-18(10-6-16)29-15-20(26)24-21(30)23-17-7-11-19(12-8-17)31(27,28)25-13-3-1-2-4-14-25/h5-12H,1-4,13-15H2,(H2,23,24,26,30). The maximum atomic E-state index is 12.8. The van der Waals surface area contributed by atoms with Crippen molar-refractivity contribution >= 4 is 50.5 Å². The summed E-state index contributed by atoms with van der Waals surface area (Å²) in [6.45, 7) is 0.892. The molecule has 0 aromatic heterocycles. The summed E-state index contributed by atoms with van der Waals surface area (Å²) in [4.78, 5) is 12.2. The number of sulfonamides is 1. The number of carbonyl (C=O) groups excluding carboxylic acids is 1. The predicted molar refractivity (Wildman–Crippen MR) is 125 cm³/mol. The number of halogens is 1. The van der Waals surface area contributed by atoms with Crippen LogP contribution in [0.1, 0.15) is 25.7 Å². The van der Waals surface area contributed by atoms with E-state index in [9.17, 15) is 13.2 Å². The first kappa shape index (κ1) is 23.5. The maximum Gasteiger partial charge on any atom is 0.264 e. The Morgan fingerprint density at radius 3 is 2.23 bits per heavy atom. The molecular formula is C21H24ClN3O4S2. The van der Waals surface area contributed by atoms with Gasteiger partial charge in [-0.2, -0.15) is 4.31 Å². The molecule has 0 bridgehead atoms. The van der Waals surface area contributed by atoms with Crippen molar-refractivity contribution in [3.63, 3.8) is 0 Å². The van der Waals surface area contributed by atoms with Crippen LogP contribution in [-0.2, 0) is 14.8 Å². The summed E-state index contributed by atoms with van der Waals surface area (Å²) >= 11 is 10.9. The summed E-state index contributed by atoms with van der Waals surface area (Å²) < 4.78 is 32.6. The van der Waals surface area contributed by atoms with Gasteiger partial charge in [0.05, 0.1) is 4.90 Å². The van der Waals surface area contributed by atoms with Crippen molar-refractivity contribution < 1.29 is 17.9 Å². The Bertz CT molecular complexity index is 1000. The van der Waals surface area contributed by atoms with Crippen LogP contribution < -0.4 is 15.4 Å². The van der Waals surface area contributed by atoms with Gasteiger partial charge in [-0.05, 0) is 73.6 Å². The Morgan fingerprint density at radius 2 is 1.61 bits per heavy atom. The van der Waals surface area contributed by atoms with Crippen molar-refractivity contribution in [1.29, 1.82) is 0 Å². The van der Waals surface area contributed by atoms with E-state index in [1.165, 1.54) is 12.1 Å². The molecule has 2 aromatic carbocycles. The number of ether oxygens (including phenoxy) is 1. The van der Waals surface area contributed by atoms with Crippen LogP contribution in [0.2, 0.25) is 5.02 Å². The fourth-order valence-corrected chi connectivity index (χ4v) is 5.02. The van der Waals surface area contributed by atoms with E-state index in [4.69, 9.17) is 28.6 Å². The minimum absolute atomic E-state index is 0.0906. The molecule has 1 aliphatic heterocycles. The zero-order valence-corrected chi connectivity index (χ0v) is 19.2. The number of nitrogens with zero attached hydrogens (tertiary/aromatic N) is 1. The second-order valence-corrected chi connectivity index (χ2v) is 9.87. The lowest BCUT2D eigenvalue weighted by molar-refractivity contribution is -0.121. The Morgan fingerprint density at radius 1 is 1.00 bits per heavy atom. The monoisotopic (exact) mass is 481 g/mol. The molecule has 10 heteroatoms. The van der Waals surface area contributed by atoms with Crippen molar-refractivity contribution in [3.8, 4) is 5.75 Å². The van der Waals surface area contributed by atoms with E-state index >= 15 is 0 Å². The van der Waals surface area contributed by atoms with Crippen LogP contribution in [0.5, 0.6) is 5.75 Å². The first-order valence-corrected chi connectivity index (χ1v) is 12.2. The summed E-state index contributed by atoms with van der Waals surface area (Å²) in [6.07, 6.45) is 3.88. The van der Waals surface area contributed by atoms with Gasteiger partial charge in [0.2, 0.25) is 10.0 Å². The molecule has 1 fully saturated rings. The van der Waals surface area contributed by atoms with Gasteiger partial charge in [0, 0.05) is 23.8 Å². The van der Waals surface area contributed by atoms with Gasteiger partial charge in [0.15, 0.2) is 11.7 Å². The van der Waals surface area contributed by atoms with Crippen molar-refractivity contribution in [1.82, 2.24) is 9.62 Å². The van der Waals surface area contributed by atoms with Crippen molar-refractivity contribution in [3.05, 3.63) is 53.6 Å². The summed E-state index contributed by atoms with van der Waals surface area (Å²) in [5, 5.41) is 6.05. The number of anilines is 1. The summed E-state index contributed by atoms with van der Waals surface area (Å²) in [5.74, 6) is 0.0902. The summed E-state index contributed by atoms with van der Waals surface area (Å²) in [6, 6.07) is 13.0. The lowest BCUT2D eigenvalue weighted by Gasteiger charge is -2.20. The molecule has 0 aliphatic carbocycles. The van der Waals surface area contributed by atoms with Crippen LogP contribution >= 0.6 is 23.8 Å². The topological polar surface area (TPSA) is 87.7 Å². The average molecular weight is 482 g/mol. The smallest absolute Gasteiger partial charge is 0.264 e. The third-order valence-electron chi connectivity index (χ3n) is 4.75. The number of carbonyl (C=O) groups is 1. The Kier molecular flexibility index (Phi) is 8.25. The van der Waals surface area contributed by atoms with E-state index in [0.29, 0.717) is 29.5 Å². The SMILES string of the molecule is O=C(COc1ccc(Cl)cc1)NC(=S)Nc1ccc(S(=O)(=O)N2CCCCCC2)cc1. The predicted octanol–water partition coefficient (Wildman–Crippen LogP) is 3.80. The third kappa shape index (κ3) is 6.90. The van der Waals surface area contributed by atoms with E-state index in [0.717, 1.165) is 25.7 Å². The quantitative estimate of drug-likeness (QED) is 0.610. The molecule has 31 heavy (non-hydrogen) atoms. The minimum atomic E-state index is -3.51. The number of hydrogen-bond donors (Lipinski definition) is 2. The van der Waals surface area contributed by atoms with E-state index < -0.39 is 15.9 Å².